The first-order valence-corrected chi connectivity index (χ1v) is 8.93. The van der Waals surface area contributed by atoms with Crippen molar-refractivity contribution in [1.29, 1.82) is 0 Å². The number of carbonyl (C=O) groups excluding carboxylic acids is 1. The SMILES string of the molecule is O=C(OCc1cc(-c2cccs2)on1)c1ccc(N2CCCC2)nn1. The summed E-state index contributed by atoms with van der Waals surface area (Å²) in [5, 5.41) is 14.0. The van der Waals surface area contributed by atoms with Gasteiger partial charge in [0.15, 0.2) is 17.3 Å². The van der Waals surface area contributed by atoms with Gasteiger partial charge in [0.1, 0.15) is 12.3 Å². The van der Waals surface area contributed by atoms with E-state index in [4.69, 9.17) is 9.26 Å². The summed E-state index contributed by atoms with van der Waals surface area (Å²) in [5.41, 5.74) is 0.739. The molecule has 8 heteroatoms. The Labute approximate surface area is 148 Å². The third kappa shape index (κ3) is 3.53. The first-order valence-electron chi connectivity index (χ1n) is 8.05. The third-order valence-electron chi connectivity index (χ3n) is 3.96. The second kappa shape index (κ2) is 7.02. The lowest BCUT2D eigenvalue weighted by atomic mass is 10.3. The van der Waals surface area contributed by atoms with E-state index < -0.39 is 5.97 Å². The molecule has 3 aromatic heterocycles. The zero-order valence-corrected chi connectivity index (χ0v) is 14.2. The van der Waals surface area contributed by atoms with Gasteiger partial charge in [-0.3, -0.25) is 0 Å². The summed E-state index contributed by atoms with van der Waals surface area (Å²) in [6.45, 7) is 2.00. The van der Waals surface area contributed by atoms with Crippen LogP contribution in [0.25, 0.3) is 10.6 Å². The molecule has 1 aliphatic rings. The molecule has 0 saturated carbocycles. The molecule has 1 saturated heterocycles. The van der Waals surface area contributed by atoms with E-state index in [1.54, 1.807) is 29.5 Å². The largest absolute Gasteiger partial charge is 0.454 e. The Balaban J connectivity index is 1.35. The Bertz CT molecular complexity index is 839. The number of anilines is 1. The van der Waals surface area contributed by atoms with Crippen LogP contribution in [0.2, 0.25) is 0 Å². The van der Waals surface area contributed by atoms with Gasteiger partial charge < -0.3 is 14.2 Å². The van der Waals surface area contributed by atoms with Crippen molar-refractivity contribution in [2.75, 3.05) is 18.0 Å². The second-order valence-corrected chi connectivity index (χ2v) is 6.65. The highest BCUT2D eigenvalue weighted by molar-refractivity contribution is 7.13. The molecule has 25 heavy (non-hydrogen) atoms. The van der Waals surface area contributed by atoms with Crippen LogP contribution in [-0.2, 0) is 11.3 Å². The standard InChI is InChI=1S/C17H16N4O3S/c22-17(13-5-6-16(19-18-13)21-7-1-2-8-21)23-11-12-10-14(24-20-12)15-4-3-9-25-15/h3-6,9-10H,1-2,7-8,11H2. The van der Waals surface area contributed by atoms with E-state index in [-0.39, 0.29) is 12.3 Å². The molecule has 0 bridgehead atoms. The topological polar surface area (TPSA) is 81.4 Å². The fourth-order valence-electron chi connectivity index (χ4n) is 2.68. The van der Waals surface area contributed by atoms with Crippen LogP contribution in [0, 0.1) is 0 Å². The molecular formula is C17H16N4O3S. The summed E-state index contributed by atoms with van der Waals surface area (Å²) in [6.07, 6.45) is 2.33. The van der Waals surface area contributed by atoms with Gasteiger partial charge in [-0.25, -0.2) is 4.79 Å². The van der Waals surface area contributed by atoms with E-state index in [0.717, 1.165) is 36.6 Å². The molecule has 0 atom stereocenters. The predicted molar refractivity (Wildman–Crippen MR) is 92.4 cm³/mol. The smallest absolute Gasteiger partial charge is 0.359 e. The Morgan fingerprint density at radius 1 is 1.24 bits per heavy atom. The van der Waals surface area contributed by atoms with E-state index in [2.05, 4.69) is 20.3 Å². The lowest BCUT2D eigenvalue weighted by Gasteiger charge is -2.14. The monoisotopic (exact) mass is 356 g/mol. The average molecular weight is 356 g/mol. The lowest BCUT2D eigenvalue weighted by molar-refractivity contribution is 0.0456. The molecule has 3 aromatic rings. The fourth-order valence-corrected chi connectivity index (χ4v) is 3.35. The highest BCUT2D eigenvalue weighted by Gasteiger charge is 2.16. The van der Waals surface area contributed by atoms with Gasteiger partial charge in [0.25, 0.3) is 0 Å². The van der Waals surface area contributed by atoms with E-state index in [0.29, 0.717) is 11.5 Å². The summed E-state index contributed by atoms with van der Waals surface area (Å²) in [7, 11) is 0. The minimum atomic E-state index is -0.527. The van der Waals surface area contributed by atoms with Crippen molar-refractivity contribution in [2.45, 2.75) is 19.4 Å². The molecule has 0 amide bonds. The van der Waals surface area contributed by atoms with Crippen molar-refractivity contribution in [3.05, 3.63) is 47.1 Å². The Morgan fingerprint density at radius 3 is 2.84 bits per heavy atom. The van der Waals surface area contributed by atoms with Crippen molar-refractivity contribution < 1.29 is 14.1 Å². The maximum Gasteiger partial charge on any atom is 0.359 e. The zero-order chi connectivity index (χ0) is 17.1. The van der Waals surface area contributed by atoms with Gasteiger partial charge in [0.2, 0.25) is 0 Å². The molecule has 0 N–H and O–H groups in total. The van der Waals surface area contributed by atoms with Gasteiger partial charge in [0.05, 0.1) is 4.88 Å². The summed E-state index contributed by atoms with van der Waals surface area (Å²) in [6, 6.07) is 9.09. The van der Waals surface area contributed by atoms with Gasteiger partial charge in [-0.15, -0.1) is 21.5 Å². The first-order chi connectivity index (χ1) is 12.3. The van der Waals surface area contributed by atoms with Crippen molar-refractivity contribution in [1.82, 2.24) is 15.4 Å². The van der Waals surface area contributed by atoms with Crippen LogP contribution in [0.4, 0.5) is 5.82 Å². The van der Waals surface area contributed by atoms with Crippen LogP contribution in [0.5, 0.6) is 0 Å². The molecule has 7 nitrogen and oxygen atoms in total. The molecule has 4 heterocycles. The van der Waals surface area contributed by atoms with Crippen LogP contribution >= 0.6 is 11.3 Å². The van der Waals surface area contributed by atoms with Crippen LogP contribution in [0.3, 0.4) is 0 Å². The Morgan fingerprint density at radius 2 is 2.12 bits per heavy atom. The van der Waals surface area contributed by atoms with Gasteiger partial charge >= 0.3 is 5.97 Å². The van der Waals surface area contributed by atoms with Crippen molar-refractivity contribution >= 4 is 23.1 Å². The van der Waals surface area contributed by atoms with Crippen molar-refractivity contribution in [2.24, 2.45) is 0 Å². The molecule has 4 rings (SSSR count). The zero-order valence-electron chi connectivity index (χ0n) is 13.4. The van der Waals surface area contributed by atoms with Gasteiger partial charge in [-0.2, -0.15) is 0 Å². The maximum atomic E-state index is 12.1. The minimum absolute atomic E-state index is 0.0310. The molecule has 128 valence electrons. The summed E-state index contributed by atoms with van der Waals surface area (Å²) in [4.78, 5) is 15.2. The molecular weight excluding hydrogens is 340 g/mol. The number of hydrogen-bond acceptors (Lipinski definition) is 8. The summed E-state index contributed by atoms with van der Waals surface area (Å²) in [5.74, 6) is 0.933. The number of hydrogen-bond donors (Lipinski definition) is 0. The van der Waals surface area contributed by atoms with Crippen LogP contribution in [0.15, 0.2) is 40.2 Å². The maximum absolute atomic E-state index is 12.1. The van der Waals surface area contributed by atoms with E-state index in [1.165, 1.54) is 0 Å². The second-order valence-electron chi connectivity index (χ2n) is 5.71. The first kappa shape index (κ1) is 15.8. The van der Waals surface area contributed by atoms with Crippen LogP contribution in [0.1, 0.15) is 29.0 Å². The van der Waals surface area contributed by atoms with Crippen LogP contribution < -0.4 is 4.90 Å². The molecule has 0 aromatic carbocycles. The van der Waals surface area contributed by atoms with Crippen molar-refractivity contribution in [3.63, 3.8) is 0 Å². The number of rotatable bonds is 5. The third-order valence-corrected chi connectivity index (χ3v) is 4.85. The molecule has 0 radical (unpaired) electrons. The molecule has 0 aliphatic carbocycles. The van der Waals surface area contributed by atoms with Crippen LogP contribution in [-0.4, -0.2) is 34.4 Å². The van der Waals surface area contributed by atoms with E-state index in [9.17, 15) is 4.79 Å². The molecule has 1 aliphatic heterocycles. The predicted octanol–water partition coefficient (Wildman–Crippen LogP) is 3.15. The van der Waals surface area contributed by atoms with Gasteiger partial charge in [0, 0.05) is 19.2 Å². The molecule has 0 unspecified atom stereocenters. The lowest BCUT2D eigenvalue weighted by Crippen LogP contribution is -2.20. The number of ether oxygens (including phenoxy) is 1. The number of carbonyl (C=O) groups is 1. The number of thiophene rings is 1. The highest BCUT2D eigenvalue weighted by Crippen LogP contribution is 2.25. The summed E-state index contributed by atoms with van der Waals surface area (Å²) < 4.78 is 10.5. The van der Waals surface area contributed by atoms with Crippen molar-refractivity contribution in [3.8, 4) is 10.6 Å². The minimum Gasteiger partial charge on any atom is -0.454 e. The normalized spacial score (nSPS) is 14.0. The fraction of sp³-hybridized carbons (Fsp3) is 0.294. The summed E-state index contributed by atoms with van der Waals surface area (Å²) >= 11 is 1.56. The van der Waals surface area contributed by atoms with E-state index in [1.807, 2.05) is 17.5 Å². The Hall–Kier alpha value is -2.74. The number of aromatic nitrogens is 3. The van der Waals surface area contributed by atoms with E-state index >= 15 is 0 Å². The van der Waals surface area contributed by atoms with Gasteiger partial charge in [-0.1, -0.05) is 11.2 Å². The quantitative estimate of drug-likeness (QED) is 0.650. The molecule has 0 spiro atoms. The highest BCUT2D eigenvalue weighted by atomic mass is 32.1. The Kier molecular flexibility index (Phi) is 4.43. The number of esters is 1. The average Bonchev–Trinajstić information content (AvgIpc) is 3.42. The number of nitrogens with zero attached hydrogens (tertiary/aromatic N) is 4. The van der Waals surface area contributed by atoms with Gasteiger partial charge in [-0.05, 0) is 36.4 Å². The molecule has 1 fully saturated rings.